The van der Waals surface area contributed by atoms with Gasteiger partial charge < -0.3 is 0 Å². The van der Waals surface area contributed by atoms with Crippen molar-refractivity contribution in [1.82, 2.24) is 10.3 Å². The van der Waals surface area contributed by atoms with Crippen LogP contribution in [-0.2, 0) is 19.4 Å². The number of carbonyl (C=O) groups is 2. The first-order valence-electron chi connectivity index (χ1n) is 4.47. The Labute approximate surface area is 91.6 Å². The van der Waals surface area contributed by atoms with Crippen molar-refractivity contribution >= 4 is 21.7 Å². The fourth-order valence-corrected chi connectivity index (χ4v) is 3.01. The fraction of sp³-hybridized carbons (Fsp3) is 0.222. The average Bonchev–Trinajstić information content (AvgIpc) is 2.15. The molecule has 16 heavy (non-hydrogen) atoms. The Kier molecular flexibility index (Phi) is 2.47. The standard InChI is InChI=1S/C9H8N2O4S/c12-7-5-16(14,15)8(9(13)11-7)6-3-1-2-4-10-6/h1-4,8H,5H2,(H,11,12,13). The lowest BCUT2D eigenvalue weighted by Gasteiger charge is -2.20. The second-order valence-corrected chi connectivity index (χ2v) is 5.44. The van der Waals surface area contributed by atoms with E-state index >= 15 is 0 Å². The average molecular weight is 240 g/mol. The summed E-state index contributed by atoms with van der Waals surface area (Å²) < 4.78 is 23.4. The molecule has 0 radical (unpaired) electrons. The summed E-state index contributed by atoms with van der Waals surface area (Å²) in [4.78, 5) is 26.2. The maximum Gasteiger partial charge on any atom is 0.251 e. The molecule has 6 nitrogen and oxygen atoms in total. The first-order valence-corrected chi connectivity index (χ1v) is 6.18. The minimum atomic E-state index is -3.80. The minimum Gasteiger partial charge on any atom is -0.294 e. The van der Waals surface area contributed by atoms with Crippen LogP contribution in [0.15, 0.2) is 24.4 Å². The lowest BCUT2D eigenvalue weighted by Crippen LogP contribution is -2.47. The Balaban J connectivity index is 2.48. The number of amides is 2. The second kappa shape index (κ2) is 3.67. The zero-order valence-corrected chi connectivity index (χ0v) is 8.90. The Hall–Kier alpha value is -1.76. The van der Waals surface area contributed by atoms with Gasteiger partial charge in [0.1, 0.15) is 5.75 Å². The highest BCUT2D eigenvalue weighted by molar-refractivity contribution is 7.93. The zero-order chi connectivity index (χ0) is 11.8. The first kappa shape index (κ1) is 10.7. The van der Waals surface area contributed by atoms with Gasteiger partial charge in [-0.2, -0.15) is 0 Å². The largest absolute Gasteiger partial charge is 0.294 e. The minimum absolute atomic E-state index is 0.132. The molecule has 1 N–H and O–H groups in total. The normalized spacial score (nSPS) is 23.9. The topological polar surface area (TPSA) is 93.2 Å². The molecule has 2 amide bonds. The molecular weight excluding hydrogens is 232 g/mol. The quantitative estimate of drug-likeness (QED) is 0.648. The summed E-state index contributed by atoms with van der Waals surface area (Å²) in [5.41, 5.74) is 0.132. The third-order valence-corrected chi connectivity index (χ3v) is 3.99. The molecule has 0 aliphatic carbocycles. The van der Waals surface area contributed by atoms with Crippen molar-refractivity contribution < 1.29 is 18.0 Å². The predicted molar refractivity (Wildman–Crippen MR) is 53.9 cm³/mol. The summed E-state index contributed by atoms with van der Waals surface area (Å²) >= 11 is 0. The highest BCUT2D eigenvalue weighted by Gasteiger charge is 2.41. The molecule has 1 aromatic rings. The molecule has 1 aliphatic rings. The Morgan fingerprint density at radius 3 is 2.62 bits per heavy atom. The van der Waals surface area contributed by atoms with Gasteiger partial charge in [0, 0.05) is 6.20 Å². The summed E-state index contributed by atoms with van der Waals surface area (Å²) in [5, 5.41) is 0.603. The molecule has 1 saturated heterocycles. The number of imide groups is 1. The molecule has 1 fully saturated rings. The van der Waals surface area contributed by atoms with Gasteiger partial charge >= 0.3 is 0 Å². The summed E-state index contributed by atoms with van der Waals surface area (Å²) in [7, 11) is -3.80. The highest BCUT2D eigenvalue weighted by Crippen LogP contribution is 2.23. The van der Waals surface area contributed by atoms with Gasteiger partial charge in [0.2, 0.25) is 5.91 Å². The number of sulfone groups is 1. The third kappa shape index (κ3) is 1.81. The van der Waals surface area contributed by atoms with E-state index in [1.165, 1.54) is 12.3 Å². The molecular formula is C9H8N2O4S. The summed E-state index contributed by atoms with van der Waals surface area (Å²) in [5.74, 6) is -2.31. The van der Waals surface area contributed by atoms with Crippen molar-refractivity contribution in [2.24, 2.45) is 0 Å². The summed E-state index contributed by atoms with van der Waals surface area (Å²) in [6.07, 6.45) is 1.40. The molecule has 7 heteroatoms. The number of hydrogen-bond donors (Lipinski definition) is 1. The Morgan fingerprint density at radius 1 is 1.31 bits per heavy atom. The van der Waals surface area contributed by atoms with E-state index in [0.717, 1.165) is 0 Å². The van der Waals surface area contributed by atoms with E-state index in [1.54, 1.807) is 12.1 Å². The zero-order valence-electron chi connectivity index (χ0n) is 8.08. The smallest absolute Gasteiger partial charge is 0.251 e. The fourth-order valence-electron chi connectivity index (χ4n) is 1.52. The highest BCUT2D eigenvalue weighted by atomic mass is 32.2. The van der Waals surface area contributed by atoms with Gasteiger partial charge in [-0.1, -0.05) is 6.07 Å². The van der Waals surface area contributed by atoms with Gasteiger partial charge in [-0.05, 0) is 12.1 Å². The van der Waals surface area contributed by atoms with Crippen LogP contribution in [-0.4, -0.2) is 31.0 Å². The lowest BCUT2D eigenvalue weighted by molar-refractivity contribution is -0.129. The van der Waals surface area contributed by atoms with Crippen molar-refractivity contribution in [3.8, 4) is 0 Å². The van der Waals surface area contributed by atoms with E-state index in [9.17, 15) is 18.0 Å². The summed E-state index contributed by atoms with van der Waals surface area (Å²) in [6.45, 7) is 0. The van der Waals surface area contributed by atoms with Crippen molar-refractivity contribution in [1.29, 1.82) is 0 Å². The van der Waals surface area contributed by atoms with Crippen LogP contribution < -0.4 is 5.32 Å². The van der Waals surface area contributed by atoms with Crippen LogP contribution >= 0.6 is 0 Å². The maximum atomic E-state index is 11.7. The number of nitrogens with zero attached hydrogens (tertiary/aromatic N) is 1. The second-order valence-electron chi connectivity index (χ2n) is 3.35. The van der Waals surface area contributed by atoms with Gasteiger partial charge in [-0.25, -0.2) is 8.42 Å². The van der Waals surface area contributed by atoms with Crippen molar-refractivity contribution in [3.05, 3.63) is 30.1 Å². The van der Waals surface area contributed by atoms with E-state index in [2.05, 4.69) is 4.98 Å². The van der Waals surface area contributed by atoms with Gasteiger partial charge in [-0.3, -0.25) is 19.9 Å². The van der Waals surface area contributed by atoms with Crippen LogP contribution in [0.3, 0.4) is 0 Å². The molecule has 2 heterocycles. The van der Waals surface area contributed by atoms with Crippen LogP contribution in [0, 0.1) is 0 Å². The number of carbonyl (C=O) groups excluding carboxylic acids is 2. The van der Waals surface area contributed by atoms with E-state index < -0.39 is 32.7 Å². The van der Waals surface area contributed by atoms with Crippen LogP contribution in [0.25, 0.3) is 0 Å². The molecule has 0 spiro atoms. The van der Waals surface area contributed by atoms with Gasteiger partial charge in [0.05, 0.1) is 5.69 Å². The van der Waals surface area contributed by atoms with E-state index in [0.29, 0.717) is 0 Å². The predicted octanol–water partition coefficient (Wildman–Crippen LogP) is -0.806. The van der Waals surface area contributed by atoms with Crippen LogP contribution in [0.5, 0.6) is 0 Å². The SMILES string of the molecule is O=C1CS(=O)(=O)C(c2ccccn2)C(=O)N1. The molecule has 1 aliphatic heterocycles. The van der Waals surface area contributed by atoms with E-state index in [-0.39, 0.29) is 5.69 Å². The van der Waals surface area contributed by atoms with Gasteiger partial charge in [0.25, 0.3) is 5.91 Å². The van der Waals surface area contributed by atoms with E-state index in [4.69, 9.17) is 0 Å². The van der Waals surface area contributed by atoms with Crippen LogP contribution in [0.4, 0.5) is 0 Å². The number of pyridine rings is 1. The molecule has 0 aromatic carbocycles. The van der Waals surface area contributed by atoms with Crippen molar-refractivity contribution in [2.75, 3.05) is 5.75 Å². The molecule has 84 valence electrons. The number of nitrogens with one attached hydrogen (secondary N) is 1. The van der Waals surface area contributed by atoms with Crippen LogP contribution in [0.1, 0.15) is 10.9 Å². The number of rotatable bonds is 1. The van der Waals surface area contributed by atoms with Crippen molar-refractivity contribution in [2.45, 2.75) is 5.25 Å². The number of hydrogen-bond acceptors (Lipinski definition) is 5. The van der Waals surface area contributed by atoms with Crippen LogP contribution in [0.2, 0.25) is 0 Å². The summed E-state index contributed by atoms with van der Waals surface area (Å²) in [6, 6.07) is 4.64. The third-order valence-electron chi connectivity index (χ3n) is 2.15. The molecule has 1 unspecified atom stereocenters. The molecule has 2 rings (SSSR count). The Bertz CT molecular complexity index is 538. The Morgan fingerprint density at radius 2 is 2.06 bits per heavy atom. The van der Waals surface area contributed by atoms with Gasteiger partial charge in [-0.15, -0.1) is 0 Å². The van der Waals surface area contributed by atoms with Crippen molar-refractivity contribution in [3.63, 3.8) is 0 Å². The maximum absolute atomic E-state index is 11.7. The van der Waals surface area contributed by atoms with E-state index in [1.807, 2.05) is 5.32 Å². The number of aromatic nitrogens is 1. The molecule has 1 aromatic heterocycles. The molecule has 0 saturated carbocycles. The molecule has 1 atom stereocenters. The van der Waals surface area contributed by atoms with Gasteiger partial charge in [0.15, 0.2) is 15.1 Å². The lowest BCUT2D eigenvalue weighted by atomic mass is 10.2. The molecule has 0 bridgehead atoms. The first-order chi connectivity index (χ1) is 7.50. The monoisotopic (exact) mass is 240 g/mol.